The van der Waals surface area contributed by atoms with E-state index in [1.807, 2.05) is 32.2 Å². The first-order valence-electron chi connectivity index (χ1n) is 14.7. The summed E-state index contributed by atoms with van der Waals surface area (Å²) in [5.41, 5.74) is 15.1. The summed E-state index contributed by atoms with van der Waals surface area (Å²) < 4.78 is 11.7. The Morgan fingerprint density at radius 2 is 2.00 bits per heavy atom. The van der Waals surface area contributed by atoms with Gasteiger partial charge in [-0.15, -0.1) is 0 Å². The third-order valence-electron chi connectivity index (χ3n) is 9.38. The third-order valence-corrected chi connectivity index (χ3v) is 10.4. The van der Waals surface area contributed by atoms with Crippen molar-refractivity contribution in [2.45, 2.75) is 60.7 Å². The van der Waals surface area contributed by atoms with E-state index in [4.69, 9.17) is 30.9 Å². The summed E-state index contributed by atoms with van der Waals surface area (Å²) in [4.78, 5) is 38.5. The molecular formula is C30H37N9O3S. The first kappa shape index (κ1) is 28.1. The predicted octanol–water partition coefficient (Wildman–Crippen LogP) is 3.27. The van der Waals surface area contributed by atoms with Crippen molar-refractivity contribution < 1.29 is 14.3 Å². The van der Waals surface area contributed by atoms with E-state index in [2.05, 4.69) is 20.9 Å². The van der Waals surface area contributed by atoms with Gasteiger partial charge in [0.2, 0.25) is 0 Å². The number of rotatable bonds is 6. The summed E-state index contributed by atoms with van der Waals surface area (Å²) in [6, 6.07) is 5.74. The minimum atomic E-state index is -0.455. The average molecular weight is 604 g/mol. The van der Waals surface area contributed by atoms with E-state index in [-0.39, 0.29) is 23.5 Å². The number of hydrogen-bond acceptors (Lipinski definition) is 11. The lowest BCUT2D eigenvalue weighted by atomic mass is 9.73. The molecule has 226 valence electrons. The second-order valence-electron chi connectivity index (χ2n) is 12.5. The van der Waals surface area contributed by atoms with Gasteiger partial charge in [-0.1, -0.05) is 17.8 Å². The van der Waals surface area contributed by atoms with Crippen molar-refractivity contribution in [3.63, 3.8) is 0 Å². The Balaban J connectivity index is 1.05. The monoisotopic (exact) mass is 603 g/mol. The molecule has 2 amide bonds. The molecule has 1 spiro atoms. The topological polar surface area (TPSA) is 149 Å². The van der Waals surface area contributed by atoms with Gasteiger partial charge in [-0.25, -0.2) is 19.7 Å². The molecule has 4 N–H and O–H groups in total. The maximum Gasteiger partial charge on any atom is 0.326 e. The van der Waals surface area contributed by atoms with Crippen molar-refractivity contribution in [2.24, 2.45) is 11.1 Å². The molecule has 43 heavy (non-hydrogen) atoms. The molecule has 1 aliphatic carbocycles. The fourth-order valence-electron chi connectivity index (χ4n) is 6.80. The molecule has 3 aromatic rings. The molecule has 2 fully saturated rings. The van der Waals surface area contributed by atoms with Gasteiger partial charge < -0.3 is 30.7 Å². The van der Waals surface area contributed by atoms with Gasteiger partial charge in [-0.05, 0) is 56.2 Å². The maximum absolute atomic E-state index is 13.4. The lowest BCUT2D eigenvalue weighted by Gasteiger charge is -2.42. The first-order chi connectivity index (χ1) is 20.7. The highest BCUT2D eigenvalue weighted by atomic mass is 32.2. The normalized spacial score (nSPS) is 22.4. The molecular weight excluding hydrogens is 566 g/mol. The van der Waals surface area contributed by atoms with Crippen LogP contribution in [-0.4, -0.2) is 82.4 Å². The molecule has 3 aliphatic heterocycles. The molecule has 13 heteroatoms. The smallest absolute Gasteiger partial charge is 0.326 e. The molecule has 6 heterocycles. The molecule has 1 unspecified atom stereocenters. The predicted molar refractivity (Wildman–Crippen MR) is 163 cm³/mol. The Labute approximate surface area is 255 Å². The average Bonchev–Trinajstić information content (AvgIpc) is 3.47. The van der Waals surface area contributed by atoms with Crippen LogP contribution in [0.4, 0.5) is 22.2 Å². The Hall–Kier alpha value is -3.68. The van der Waals surface area contributed by atoms with Crippen LogP contribution in [0.5, 0.6) is 5.75 Å². The van der Waals surface area contributed by atoms with Gasteiger partial charge >= 0.3 is 6.03 Å². The number of nitrogen functional groups attached to an aromatic ring is 1. The van der Waals surface area contributed by atoms with Crippen molar-refractivity contribution in [1.82, 2.24) is 24.8 Å². The second kappa shape index (κ2) is 10.5. The van der Waals surface area contributed by atoms with E-state index in [0.717, 1.165) is 48.8 Å². The Morgan fingerprint density at radius 1 is 1.19 bits per heavy atom. The van der Waals surface area contributed by atoms with Crippen LogP contribution in [0.25, 0.3) is 0 Å². The zero-order valence-electron chi connectivity index (χ0n) is 24.7. The van der Waals surface area contributed by atoms with Crippen LogP contribution in [0.1, 0.15) is 44.0 Å². The van der Waals surface area contributed by atoms with Crippen LogP contribution < -0.4 is 26.0 Å². The number of aromatic nitrogens is 4. The number of hydrogen-bond donors (Lipinski definition) is 2. The van der Waals surface area contributed by atoms with Crippen LogP contribution in [0.15, 0.2) is 46.7 Å². The largest absolute Gasteiger partial charge is 0.486 e. The number of ether oxygens (including phenoxy) is 2. The molecule has 2 saturated heterocycles. The van der Waals surface area contributed by atoms with Gasteiger partial charge in [-0.3, -0.25) is 9.88 Å². The van der Waals surface area contributed by atoms with Gasteiger partial charge in [0, 0.05) is 50.9 Å². The zero-order chi connectivity index (χ0) is 29.9. The number of methoxy groups -OCH3 is 1. The van der Waals surface area contributed by atoms with Crippen LogP contribution in [0.3, 0.4) is 0 Å². The van der Waals surface area contributed by atoms with Gasteiger partial charge in [0.25, 0.3) is 0 Å². The van der Waals surface area contributed by atoms with E-state index in [9.17, 15) is 4.79 Å². The highest BCUT2D eigenvalue weighted by Gasteiger charge is 2.47. The Bertz CT molecular complexity index is 1560. The summed E-state index contributed by atoms with van der Waals surface area (Å²) in [7, 11) is 1.66. The fourth-order valence-corrected chi connectivity index (χ4v) is 7.63. The molecule has 0 saturated carbocycles. The number of piperidine rings is 1. The third kappa shape index (κ3) is 4.83. The highest BCUT2D eigenvalue weighted by Crippen LogP contribution is 2.50. The Kier molecular flexibility index (Phi) is 6.86. The standard InChI is InChI=1S/C30H37N9O3S/c1-29(2,41-3)17-38-15-18-16-42-23-21(6-10-34-26(23)39(18)28(38)40)43-27-25(32)36-22(14-35-27)37-11-7-30(8-12-37)13-20-19(24(30)31)5-4-9-33-20/h4-6,9-10,14,18,24H,7-8,11-13,15-17,31H2,1-3H3,(H2,32,36)/t18?,24-/m1/s1. The molecule has 0 radical (unpaired) electrons. The molecule has 0 bridgehead atoms. The van der Waals surface area contributed by atoms with Crippen LogP contribution in [0, 0.1) is 5.41 Å². The van der Waals surface area contributed by atoms with E-state index in [1.54, 1.807) is 29.3 Å². The summed E-state index contributed by atoms with van der Waals surface area (Å²) in [5.74, 6) is 2.18. The lowest BCUT2D eigenvalue weighted by Crippen LogP contribution is -2.44. The molecule has 7 rings (SSSR count). The molecule has 3 aromatic heterocycles. The van der Waals surface area contributed by atoms with Crippen LogP contribution in [0.2, 0.25) is 0 Å². The van der Waals surface area contributed by atoms with Crippen molar-refractivity contribution in [3.05, 3.63) is 48.0 Å². The Morgan fingerprint density at radius 3 is 2.74 bits per heavy atom. The molecule has 4 aliphatic rings. The summed E-state index contributed by atoms with van der Waals surface area (Å²) in [6.45, 7) is 7.01. The minimum absolute atomic E-state index is 0.00759. The lowest BCUT2D eigenvalue weighted by molar-refractivity contribution is 0.00370. The number of fused-ring (bicyclic) bond motifs is 4. The van der Waals surface area contributed by atoms with Crippen LogP contribution in [-0.2, 0) is 11.2 Å². The van der Waals surface area contributed by atoms with Crippen molar-refractivity contribution in [3.8, 4) is 5.75 Å². The zero-order valence-corrected chi connectivity index (χ0v) is 25.5. The van der Waals surface area contributed by atoms with E-state index in [1.165, 1.54) is 17.3 Å². The summed E-state index contributed by atoms with van der Waals surface area (Å²) in [6.07, 6.45) is 8.16. The molecule has 0 aromatic carbocycles. The van der Waals surface area contributed by atoms with Gasteiger partial charge in [0.05, 0.1) is 29.3 Å². The SMILES string of the molecule is COC(C)(C)CN1CC2COc3c(Sc4ncc(N5CCC6(CC5)Cc5ncccc5[C@H]6N)nc4N)ccnc3N2C1=O. The number of anilines is 3. The summed E-state index contributed by atoms with van der Waals surface area (Å²) >= 11 is 1.37. The van der Waals surface area contributed by atoms with E-state index in [0.29, 0.717) is 42.1 Å². The number of carbonyl (C=O) groups excluding carboxylic acids is 1. The van der Waals surface area contributed by atoms with Gasteiger partial charge in [0.1, 0.15) is 17.5 Å². The number of nitrogens with two attached hydrogens (primary N) is 2. The van der Waals surface area contributed by atoms with Crippen molar-refractivity contribution in [2.75, 3.05) is 55.4 Å². The quantitative estimate of drug-likeness (QED) is 0.428. The number of nitrogens with zero attached hydrogens (tertiary/aromatic N) is 7. The number of urea groups is 1. The van der Waals surface area contributed by atoms with Crippen LogP contribution >= 0.6 is 11.8 Å². The van der Waals surface area contributed by atoms with Gasteiger partial charge in [0.15, 0.2) is 17.4 Å². The van der Waals surface area contributed by atoms with Crippen molar-refractivity contribution >= 4 is 35.2 Å². The summed E-state index contributed by atoms with van der Waals surface area (Å²) in [5, 5.41) is 0.576. The second-order valence-corrected chi connectivity index (χ2v) is 13.5. The number of carbonyl (C=O) groups is 1. The van der Waals surface area contributed by atoms with E-state index >= 15 is 0 Å². The van der Waals surface area contributed by atoms with E-state index < -0.39 is 5.60 Å². The first-order valence-corrected chi connectivity index (χ1v) is 15.5. The number of pyridine rings is 2. The maximum atomic E-state index is 13.4. The van der Waals surface area contributed by atoms with Crippen molar-refractivity contribution in [1.29, 1.82) is 0 Å². The highest BCUT2D eigenvalue weighted by molar-refractivity contribution is 7.99. The minimum Gasteiger partial charge on any atom is -0.486 e. The number of amides is 2. The molecule has 12 nitrogen and oxygen atoms in total. The fraction of sp³-hybridized carbons (Fsp3) is 0.500. The van der Waals surface area contributed by atoms with Gasteiger partial charge in [-0.2, -0.15) is 0 Å². The molecule has 2 atom stereocenters.